The molecule has 5 aliphatic rings. The highest BCUT2D eigenvalue weighted by atomic mass is 32.2. The first kappa shape index (κ1) is 20.2. The Labute approximate surface area is 177 Å². The molecule has 5 rings (SSSR count). The Hall–Kier alpha value is 0.270. The quantitative estimate of drug-likeness (QED) is 0.462. The zero-order chi connectivity index (χ0) is 19.3. The molecule has 28 heavy (non-hydrogen) atoms. The van der Waals surface area contributed by atoms with E-state index in [-0.39, 0.29) is 11.2 Å². The smallest absolute Gasteiger partial charge is 0.169 e. The van der Waals surface area contributed by atoms with E-state index in [0.29, 0.717) is 9.49 Å². The summed E-state index contributed by atoms with van der Waals surface area (Å²) < 4.78 is 13.9. The molecule has 3 heteroatoms. The summed E-state index contributed by atoms with van der Waals surface area (Å²) in [7, 11) is 0. The zero-order valence-electron chi connectivity index (χ0n) is 18.4. The van der Waals surface area contributed by atoms with Gasteiger partial charge in [-0.15, -0.1) is 11.8 Å². The average molecular weight is 407 g/mol. The van der Waals surface area contributed by atoms with E-state index < -0.39 is 0 Å². The Morgan fingerprint density at radius 2 is 1.29 bits per heavy atom. The molecular weight excluding hydrogens is 364 g/mol. The predicted molar refractivity (Wildman–Crippen MR) is 118 cm³/mol. The third-order valence-electron chi connectivity index (χ3n) is 8.96. The third kappa shape index (κ3) is 3.94. The van der Waals surface area contributed by atoms with E-state index in [1.54, 1.807) is 0 Å². The van der Waals surface area contributed by atoms with Crippen LogP contribution in [0.5, 0.6) is 0 Å². The lowest BCUT2D eigenvalue weighted by Crippen LogP contribution is -2.53. The Kier molecular flexibility index (Phi) is 5.37. The van der Waals surface area contributed by atoms with Crippen LogP contribution in [0.4, 0.5) is 0 Å². The summed E-state index contributed by atoms with van der Waals surface area (Å²) >= 11 is 2.41. The minimum Gasteiger partial charge on any atom is -0.349 e. The molecule has 2 heterocycles. The summed E-state index contributed by atoms with van der Waals surface area (Å²) in [6, 6.07) is 0. The van der Waals surface area contributed by atoms with E-state index in [4.69, 9.17) is 9.47 Å². The second-order valence-electron chi connectivity index (χ2n) is 11.9. The molecule has 2 nitrogen and oxygen atoms in total. The number of thioether (sulfide) groups is 1. The molecule has 0 aromatic heterocycles. The molecule has 0 radical (unpaired) electrons. The summed E-state index contributed by atoms with van der Waals surface area (Å²) in [6.07, 6.45) is 21.4. The van der Waals surface area contributed by atoms with Crippen LogP contribution in [0.2, 0.25) is 0 Å². The molecule has 0 bridgehead atoms. The molecule has 3 aliphatic carbocycles. The fourth-order valence-corrected chi connectivity index (χ4v) is 9.55. The van der Waals surface area contributed by atoms with Crippen molar-refractivity contribution in [2.24, 2.45) is 17.3 Å². The van der Waals surface area contributed by atoms with Gasteiger partial charge in [-0.25, -0.2) is 0 Å². The van der Waals surface area contributed by atoms with E-state index in [0.717, 1.165) is 37.9 Å². The van der Waals surface area contributed by atoms with Crippen molar-refractivity contribution < 1.29 is 9.47 Å². The number of hydrogen-bond donors (Lipinski definition) is 0. The van der Waals surface area contributed by atoms with Crippen LogP contribution < -0.4 is 0 Å². The summed E-state index contributed by atoms with van der Waals surface area (Å²) in [5.41, 5.74) is 0.178. The molecule has 0 N–H and O–H groups in total. The Balaban J connectivity index is 1.21. The topological polar surface area (TPSA) is 18.5 Å². The predicted octanol–water partition coefficient (Wildman–Crippen LogP) is 7.10. The lowest BCUT2D eigenvalue weighted by atomic mass is 9.69. The van der Waals surface area contributed by atoms with Crippen LogP contribution in [-0.2, 0) is 9.47 Å². The first-order valence-corrected chi connectivity index (χ1v) is 13.2. The van der Waals surface area contributed by atoms with E-state index >= 15 is 0 Å². The molecule has 0 aromatic carbocycles. The molecule has 2 aliphatic heterocycles. The van der Waals surface area contributed by atoms with Crippen molar-refractivity contribution in [3.63, 3.8) is 0 Å². The molecule has 1 unspecified atom stereocenters. The maximum atomic E-state index is 6.45. The van der Waals surface area contributed by atoms with Crippen molar-refractivity contribution in [2.45, 2.75) is 125 Å². The fourth-order valence-electron chi connectivity index (χ4n) is 7.24. The van der Waals surface area contributed by atoms with Crippen LogP contribution in [0, 0.1) is 17.3 Å². The van der Waals surface area contributed by atoms with Crippen molar-refractivity contribution in [3.05, 3.63) is 0 Å². The average Bonchev–Trinajstić information content (AvgIpc) is 3.03. The van der Waals surface area contributed by atoms with Gasteiger partial charge in [0.1, 0.15) is 0 Å². The first-order chi connectivity index (χ1) is 13.4. The summed E-state index contributed by atoms with van der Waals surface area (Å²) in [4.78, 5) is 0. The fraction of sp³-hybridized carbons (Fsp3) is 1.00. The van der Waals surface area contributed by atoms with Crippen molar-refractivity contribution in [2.75, 3.05) is 13.2 Å². The highest BCUT2D eigenvalue weighted by molar-refractivity contribution is 8.02. The van der Waals surface area contributed by atoms with Crippen LogP contribution in [0.1, 0.15) is 110 Å². The standard InChI is InChI=1S/C25H42O2S/c1-22(2)18-26-25(27-19-22)12-6-11-24(17-25)16-15-23(28-24)13-9-21(10-14-23)20-7-4-3-5-8-20/h20-21H,3-19H2,1-2H3. The van der Waals surface area contributed by atoms with Gasteiger partial charge in [0.25, 0.3) is 0 Å². The van der Waals surface area contributed by atoms with Gasteiger partial charge in [0.2, 0.25) is 0 Å². The van der Waals surface area contributed by atoms with Gasteiger partial charge in [-0.3, -0.25) is 0 Å². The van der Waals surface area contributed by atoms with Gasteiger partial charge < -0.3 is 9.47 Å². The summed E-state index contributed by atoms with van der Waals surface area (Å²) in [6.45, 7) is 6.26. The van der Waals surface area contributed by atoms with Crippen LogP contribution in [-0.4, -0.2) is 28.5 Å². The number of hydrogen-bond acceptors (Lipinski definition) is 3. The monoisotopic (exact) mass is 406 g/mol. The van der Waals surface area contributed by atoms with Crippen molar-refractivity contribution >= 4 is 11.8 Å². The van der Waals surface area contributed by atoms with Crippen LogP contribution >= 0.6 is 11.8 Å². The Bertz CT molecular complexity index is 549. The van der Waals surface area contributed by atoms with E-state index in [1.807, 2.05) is 0 Å². The van der Waals surface area contributed by atoms with Gasteiger partial charge in [0, 0.05) is 27.8 Å². The summed E-state index contributed by atoms with van der Waals surface area (Å²) in [5, 5.41) is 0. The molecule has 1 atom stereocenters. The molecule has 2 saturated heterocycles. The van der Waals surface area contributed by atoms with Gasteiger partial charge in [0.05, 0.1) is 13.2 Å². The Morgan fingerprint density at radius 3 is 2.00 bits per heavy atom. The van der Waals surface area contributed by atoms with Crippen molar-refractivity contribution in [3.8, 4) is 0 Å². The van der Waals surface area contributed by atoms with Crippen LogP contribution in [0.3, 0.4) is 0 Å². The van der Waals surface area contributed by atoms with Gasteiger partial charge >= 0.3 is 0 Å². The molecular formula is C25H42O2S. The lowest BCUT2D eigenvalue weighted by molar-refractivity contribution is -0.312. The van der Waals surface area contributed by atoms with Gasteiger partial charge in [0.15, 0.2) is 5.79 Å². The minimum absolute atomic E-state index is 0.178. The van der Waals surface area contributed by atoms with E-state index in [2.05, 4.69) is 25.6 Å². The van der Waals surface area contributed by atoms with Gasteiger partial charge in [-0.2, -0.15) is 0 Å². The second kappa shape index (κ2) is 7.45. The van der Waals surface area contributed by atoms with Gasteiger partial charge in [-0.1, -0.05) is 46.0 Å². The van der Waals surface area contributed by atoms with Crippen LogP contribution in [0.15, 0.2) is 0 Å². The molecule has 0 aromatic rings. The minimum atomic E-state index is -0.258. The molecule has 3 spiro atoms. The molecule has 0 amide bonds. The van der Waals surface area contributed by atoms with Crippen LogP contribution in [0.25, 0.3) is 0 Å². The van der Waals surface area contributed by atoms with Gasteiger partial charge in [-0.05, 0) is 63.2 Å². The van der Waals surface area contributed by atoms with Crippen molar-refractivity contribution in [1.82, 2.24) is 0 Å². The maximum Gasteiger partial charge on any atom is 0.169 e. The number of rotatable bonds is 1. The van der Waals surface area contributed by atoms with E-state index in [9.17, 15) is 0 Å². The number of ether oxygens (including phenoxy) is 2. The third-order valence-corrected chi connectivity index (χ3v) is 11.0. The maximum absolute atomic E-state index is 6.45. The summed E-state index contributed by atoms with van der Waals surface area (Å²) in [5.74, 6) is 1.86. The normalized spacial score (nSPS) is 38.4. The second-order valence-corrected chi connectivity index (χ2v) is 13.8. The highest BCUT2D eigenvalue weighted by Gasteiger charge is 2.56. The lowest BCUT2D eigenvalue weighted by Gasteiger charge is -2.51. The SMILES string of the molecule is CC1(C)COC2(CCCC3(CCC4(CCC(C5CCCCC5)CC4)S3)C2)OC1. The van der Waals surface area contributed by atoms with Crippen molar-refractivity contribution in [1.29, 1.82) is 0 Å². The molecule has 160 valence electrons. The first-order valence-electron chi connectivity index (χ1n) is 12.4. The Morgan fingerprint density at radius 1 is 0.643 bits per heavy atom. The molecule has 3 saturated carbocycles. The zero-order valence-corrected chi connectivity index (χ0v) is 19.2. The molecule has 5 fully saturated rings. The van der Waals surface area contributed by atoms with E-state index in [1.165, 1.54) is 83.5 Å². The highest BCUT2D eigenvalue weighted by Crippen LogP contribution is 2.64. The largest absolute Gasteiger partial charge is 0.349 e.